The van der Waals surface area contributed by atoms with Crippen molar-refractivity contribution in [1.29, 1.82) is 0 Å². The number of amides is 1. The highest BCUT2D eigenvalue weighted by Crippen LogP contribution is 2.34. The molecule has 32 heavy (non-hydrogen) atoms. The highest BCUT2D eigenvalue weighted by molar-refractivity contribution is 5.82. The number of para-hydroxylation sites is 2. The van der Waals surface area contributed by atoms with Crippen LogP contribution in [0.2, 0.25) is 0 Å². The van der Waals surface area contributed by atoms with Crippen LogP contribution in [-0.4, -0.2) is 37.9 Å². The van der Waals surface area contributed by atoms with Gasteiger partial charge in [0.2, 0.25) is 6.10 Å². The van der Waals surface area contributed by atoms with Crippen molar-refractivity contribution in [3.8, 4) is 23.0 Å². The molecule has 4 heterocycles. The van der Waals surface area contributed by atoms with Crippen molar-refractivity contribution in [1.82, 2.24) is 19.2 Å². The molecule has 2 aliphatic rings. The fourth-order valence-electron chi connectivity index (χ4n) is 4.38. The molecule has 0 N–H and O–H groups in total. The van der Waals surface area contributed by atoms with E-state index >= 15 is 0 Å². The summed E-state index contributed by atoms with van der Waals surface area (Å²) in [7, 11) is 0. The second-order valence-corrected chi connectivity index (χ2v) is 8.15. The molecule has 1 amide bonds. The van der Waals surface area contributed by atoms with E-state index in [-0.39, 0.29) is 12.5 Å². The molecule has 0 aliphatic carbocycles. The van der Waals surface area contributed by atoms with E-state index in [2.05, 4.69) is 29.7 Å². The molecule has 6 rings (SSSR count). The first-order valence-corrected chi connectivity index (χ1v) is 10.7. The number of nitrogens with zero attached hydrogens (tertiary/aromatic N) is 4. The normalized spacial score (nSPS) is 16.8. The van der Waals surface area contributed by atoms with Crippen molar-refractivity contribution in [3.05, 3.63) is 89.9 Å². The molecule has 0 spiro atoms. The van der Waals surface area contributed by atoms with E-state index in [0.717, 1.165) is 22.8 Å². The summed E-state index contributed by atoms with van der Waals surface area (Å²) in [5.41, 5.74) is 4.12. The summed E-state index contributed by atoms with van der Waals surface area (Å²) in [6.45, 7) is 3.20. The molecule has 0 saturated heterocycles. The quantitative estimate of drug-likeness (QED) is 0.502. The van der Waals surface area contributed by atoms with Crippen LogP contribution in [0, 0.1) is 6.92 Å². The van der Waals surface area contributed by atoms with Crippen LogP contribution < -0.4 is 9.47 Å². The molecule has 7 nitrogen and oxygen atoms in total. The van der Waals surface area contributed by atoms with Crippen molar-refractivity contribution < 1.29 is 14.3 Å². The maximum Gasteiger partial charge on any atom is 0.267 e. The van der Waals surface area contributed by atoms with E-state index in [4.69, 9.17) is 14.6 Å². The lowest BCUT2D eigenvalue weighted by molar-refractivity contribution is -0.141. The number of rotatable bonds is 3. The Kier molecular flexibility index (Phi) is 4.28. The molecular formula is C25H22N4O3. The Morgan fingerprint density at radius 2 is 1.81 bits per heavy atom. The van der Waals surface area contributed by atoms with Crippen molar-refractivity contribution in [2.75, 3.05) is 6.61 Å². The molecular weight excluding hydrogens is 404 g/mol. The summed E-state index contributed by atoms with van der Waals surface area (Å²) in [5.74, 6) is 2.15. The first kappa shape index (κ1) is 18.7. The van der Waals surface area contributed by atoms with Crippen LogP contribution in [0.1, 0.15) is 16.8 Å². The molecule has 7 heteroatoms. The average molecular weight is 426 g/mol. The third-order valence-electron chi connectivity index (χ3n) is 5.92. The minimum Gasteiger partial charge on any atom is -0.485 e. The third-order valence-corrected chi connectivity index (χ3v) is 5.92. The van der Waals surface area contributed by atoms with Crippen molar-refractivity contribution in [3.63, 3.8) is 0 Å². The van der Waals surface area contributed by atoms with Crippen LogP contribution in [0.15, 0.2) is 73.1 Å². The third kappa shape index (κ3) is 3.05. The van der Waals surface area contributed by atoms with Gasteiger partial charge in [0, 0.05) is 18.0 Å². The maximum absolute atomic E-state index is 13.3. The Bertz CT molecular complexity index is 1310. The number of fused-ring (bicyclic) bond motifs is 2. The smallest absolute Gasteiger partial charge is 0.267 e. The number of hydrogen-bond acceptors (Lipinski definition) is 4. The maximum atomic E-state index is 13.3. The first-order valence-electron chi connectivity index (χ1n) is 10.7. The van der Waals surface area contributed by atoms with Crippen LogP contribution in [0.4, 0.5) is 0 Å². The van der Waals surface area contributed by atoms with Gasteiger partial charge in [-0.2, -0.15) is 5.10 Å². The highest BCUT2D eigenvalue weighted by atomic mass is 16.6. The molecule has 0 bridgehead atoms. The van der Waals surface area contributed by atoms with E-state index in [1.54, 1.807) is 4.90 Å². The summed E-state index contributed by atoms with van der Waals surface area (Å²) in [4.78, 5) is 15.1. The number of carbonyl (C=O) groups excluding carboxylic acids is 1. The summed E-state index contributed by atoms with van der Waals surface area (Å²) >= 11 is 0. The van der Waals surface area contributed by atoms with E-state index in [0.29, 0.717) is 24.6 Å². The molecule has 2 aromatic heterocycles. The van der Waals surface area contributed by atoms with E-state index in [1.807, 2.05) is 59.5 Å². The largest absolute Gasteiger partial charge is 0.485 e. The van der Waals surface area contributed by atoms with Gasteiger partial charge in [0.1, 0.15) is 12.4 Å². The molecule has 160 valence electrons. The number of benzene rings is 2. The SMILES string of the molecule is Cc1cccc(-n2nc3c(c2-n2cccc2)CN(C(=O)C2COc4ccccc4O2)C3)c1. The number of aryl methyl sites for hydroxylation is 1. The number of hydrogen-bond donors (Lipinski definition) is 0. The lowest BCUT2D eigenvalue weighted by atomic mass is 10.2. The average Bonchev–Trinajstić information content (AvgIpc) is 3.54. The van der Waals surface area contributed by atoms with E-state index in [9.17, 15) is 4.79 Å². The van der Waals surface area contributed by atoms with Gasteiger partial charge in [0.25, 0.3) is 5.91 Å². The molecule has 0 fully saturated rings. The molecule has 2 aliphatic heterocycles. The lowest BCUT2D eigenvalue weighted by Gasteiger charge is -2.28. The zero-order chi connectivity index (χ0) is 21.7. The lowest BCUT2D eigenvalue weighted by Crippen LogP contribution is -2.44. The van der Waals surface area contributed by atoms with Gasteiger partial charge in [-0.3, -0.25) is 4.79 Å². The Hall–Kier alpha value is -4.00. The van der Waals surface area contributed by atoms with Gasteiger partial charge in [0.05, 0.1) is 24.5 Å². The highest BCUT2D eigenvalue weighted by Gasteiger charge is 2.37. The summed E-state index contributed by atoms with van der Waals surface area (Å²) < 4.78 is 15.7. The Morgan fingerprint density at radius 3 is 2.62 bits per heavy atom. The van der Waals surface area contributed by atoms with Crippen LogP contribution in [0.5, 0.6) is 11.5 Å². The Morgan fingerprint density at radius 1 is 1.00 bits per heavy atom. The first-order chi connectivity index (χ1) is 15.7. The van der Waals surface area contributed by atoms with Gasteiger partial charge >= 0.3 is 0 Å². The zero-order valence-corrected chi connectivity index (χ0v) is 17.6. The van der Waals surface area contributed by atoms with Crippen LogP contribution in [0.25, 0.3) is 11.5 Å². The molecule has 0 saturated carbocycles. The molecule has 0 radical (unpaired) electrons. The van der Waals surface area contributed by atoms with Crippen LogP contribution >= 0.6 is 0 Å². The fraction of sp³-hybridized carbons (Fsp3) is 0.200. The summed E-state index contributed by atoms with van der Waals surface area (Å²) in [6.07, 6.45) is 3.35. The van der Waals surface area contributed by atoms with Crippen LogP contribution in [-0.2, 0) is 17.9 Å². The van der Waals surface area contributed by atoms with E-state index in [1.165, 1.54) is 5.56 Å². The van der Waals surface area contributed by atoms with E-state index < -0.39 is 6.10 Å². The predicted molar refractivity (Wildman–Crippen MR) is 118 cm³/mol. The standard InChI is InChI=1S/C25H22N4O3/c1-17-7-6-8-18(13-17)29-24(27-11-4-5-12-27)19-14-28(15-20(19)26-29)25(30)23-16-31-21-9-2-3-10-22(21)32-23/h2-13,23H,14-16H2,1H3. The number of ether oxygens (including phenoxy) is 2. The van der Waals surface area contributed by atoms with Gasteiger partial charge < -0.3 is 18.9 Å². The van der Waals surface area contributed by atoms with Gasteiger partial charge in [0.15, 0.2) is 11.5 Å². The summed E-state index contributed by atoms with van der Waals surface area (Å²) in [6, 6.07) is 19.7. The monoisotopic (exact) mass is 426 g/mol. The van der Waals surface area contributed by atoms with Gasteiger partial charge in [-0.25, -0.2) is 4.68 Å². The summed E-state index contributed by atoms with van der Waals surface area (Å²) in [5, 5.41) is 4.90. The Balaban J connectivity index is 1.31. The molecule has 1 atom stereocenters. The molecule has 4 aromatic rings. The number of carbonyl (C=O) groups is 1. The fourth-order valence-corrected chi connectivity index (χ4v) is 4.38. The molecule has 2 aromatic carbocycles. The number of aromatic nitrogens is 3. The van der Waals surface area contributed by atoms with Gasteiger partial charge in [-0.1, -0.05) is 24.3 Å². The minimum atomic E-state index is -0.659. The topological polar surface area (TPSA) is 61.5 Å². The van der Waals surface area contributed by atoms with Crippen LogP contribution in [0.3, 0.4) is 0 Å². The Labute approximate surface area is 185 Å². The minimum absolute atomic E-state index is 0.0851. The van der Waals surface area contributed by atoms with Crippen molar-refractivity contribution in [2.24, 2.45) is 0 Å². The zero-order valence-electron chi connectivity index (χ0n) is 17.6. The van der Waals surface area contributed by atoms with Gasteiger partial charge in [-0.05, 0) is 48.9 Å². The van der Waals surface area contributed by atoms with Crippen molar-refractivity contribution >= 4 is 5.91 Å². The second-order valence-electron chi connectivity index (χ2n) is 8.15. The van der Waals surface area contributed by atoms with Gasteiger partial charge in [-0.15, -0.1) is 0 Å². The molecule has 1 unspecified atom stereocenters. The second kappa shape index (κ2) is 7.30. The predicted octanol–water partition coefficient (Wildman–Crippen LogP) is 3.65. The van der Waals surface area contributed by atoms with Crippen molar-refractivity contribution in [2.45, 2.75) is 26.1 Å².